The average Bonchev–Trinajstić information content (AvgIpc) is 3.25. The van der Waals surface area contributed by atoms with Gasteiger partial charge in [0.15, 0.2) is 11.5 Å². The minimum absolute atomic E-state index is 0.387. The van der Waals surface area contributed by atoms with Gasteiger partial charge in [-0.05, 0) is 61.0 Å². The Kier molecular flexibility index (Phi) is 5.42. The van der Waals surface area contributed by atoms with Gasteiger partial charge in [-0.1, -0.05) is 29.8 Å². The van der Waals surface area contributed by atoms with E-state index in [0.717, 1.165) is 16.7 Å². The molecule has 3 heterocycles. The molecule has 0 saturated heterocycles. The number of halogens is 1. The molecule has 5 rings (SSSR count). The summed E-state index contributed by atoms with van der Waals surface area (Å²) in [5.41, 5.74) is 5.21. The number of nitrogens with one attached hydrogen (secondary N) is 2. The summed E-state index contributed by atoms with van der Waals surface area (Å²) in [7, 11) is 0. The number of benzene rings is 2. The van der Waals surface area contributed by atoms with Crippen molar-refractivity contribution in [2.75, 3.05) is 10.6 Å². The van der Waals surface area contributed by atoms with Crippen LogP contribution in [0.2, 0.25) is 5.02 Å². The number of urea groups is 1. The maximum Gasteiger partial charge on any atom is 0.323 e. The number of nitrogens with zero attached hydrogens (tertiary/aromatic N) is 5. The molecule has 0 aliphatic rings. The molecule has 0 spiro atoms. The summed E-state index contributed by atoms with van der Waals surface area (Å²) in [6.07, 6.45) is 3.40. The van der Waals surface area contributed by atoms with Crippen LogP contribution in [0.3, 0.4) is 0 Å². The molecule has 2 aromatic carbocycles. The van der Waals surface area contributed by atoms with Gasteiger partial charge >= 0.3 is 6.03 Å². The Hall–Kier alpha value is -4.30. The van der Waals surface area contributed by atoms with Crippen molar-refractivity contribution in [1.29, 1.82) is 0 Å². The molecule has 0 aliphatic carbocycles. The van der Waals surface area contributed by atoms with E-state index >= 15 is 0 Å². The molecule has 3 aromatic heterocycles. The minimum atomic E-state index is -0.387. The standard InChI is InChI=1S/C24H18ClN7O/c1-15-5-6-19(25)21(13-15)28-24(33)27-18-4-2-3-17(14-18)20-7-8-22-29-30-23(32(22)31-20)16-9-11-26-12-10-16/h2-14H,1H3,(H2,27,28,33). The van der Waals surface area contributed by atoms with Gasteiger partial charge in [0.25, 0.3) is 0 Å². The topological polar surface area (TPSA) is 97.1 Å². The molecule has 33 heavy (non-hydrogen) atoms. The van der Waals surface area contributed by atoms with E-state index in [9.17, 15) is 4.79 Å². The molecular weight excluding hydrogens is 438 g/mol. The van der Waals surface area contributed by atoms with E-state index < -0.39 is 0 Å². The molecule has 0 aliphatic heterocycles. The molecule has 0 fully saturated rings. The lowest BCUT2D eigenvalue weighted by molar-refractivity contribution is 0.262. The van der Waals surface area contributed by atoms with Crippen molar-refractivity contribution in [3.8, 4) is 22.6 Å². The fourth-order valence-corrected chi connectivity index (χ4v) is 3.56. The zero-order valence-corrected chi connectivity index (χ0v) is 18.3. The van der Waals surface area contributed by atoms with Crippen molar-refractivity contribution in [1.82, 2.24) is 24.8 Å². The second-order valence-corrected chi connectivity index (χ2v) is 7.80. The van der Waals surface area contributed by atoms with Gasteiger partial charge in [0.1, 0.15) is 0 Å². The fourth-order valence-electron chi connectivity index (χ4n) is 3.40. The number of aromatic nitrogens is 5. The Labute approximate surface area is 194 Å². The fraction of sp³-hybridized carbons (Fsp3) is 0.0417. The summed E-state index contributed by atoms with van der Waals surface area (Å²) in [4.78, 5) is 16.6. The first kappa shape index (κ1) is 20.6. The molecule has 2 amide bonds. The van der Waals surface area contributed by atoms with E-state index in [-0.39, 0.29) is 6.03 Å². The van der Waals surface area contributed by atoms with E-state index in [1.807, 2.05) is 61.5 Å². The summed E-state index contributed by atoms with van der Waals surface area (Å²) in [6.45, 7) is 1.93. The van der Waals surface area contributed by atoms with E-state index in [1.165, 1.54) is 0 Å². The van der Waals surface area contributed by atoms with Crippen molar-refractivity contribution in [3.63, 3.8) is 0 Å². The SMILES string of the molecule is Cc1ccc(Cl)c(NC(=O)Nc2cccc(-c3ccc4nnc(-c5ccncc5)n4n3)c2)c1. The Morgan fingerprint density at radius 3 is 2.61 bits per heavy atom. The van der Waals surface area contributed by atoms with Crippen molar-refractivity contribution < 1.29 is 4.79 Å². The number of pyridine rings is 1. The van der Waals surface area contributed by atoms with E-state index in [2.05, 4.69) is 25.8 Å². The van der Waals surface area contributed by atoms with Gasteiger partial charge < -0.3 is 10.6 Å². The smallest absolute Gasteiger partial charge is 0.308 e. The number of carbonyl (C=O) groups is 1. The maximum atomic E-state index is 12.5. The zero-order chi connectivity index (χ0) is 22.8. The predicted molar refractivity (Wildman–Crippen MR) is 128 cm³/mol. The third-order valence-electron chi connectivity index (χ3n) is 4.99. The van der Waals surface area contributed by atoms with Gasteiger partial charge in [0.05, 0.1) is 16.4 Å². The first-order valence-corrected chi connectivity index (χ1v) is 10.5. The van der Waals surface area contributed by atoms with Crippen LogP contribution < -0.4 is 10.6 Å². The molecule has 0 atom stereocenters. The highest BCUT2D eigenvalue weighted by atomic mass is 35.5. The molecule has 2 N–H and O–H groups in total. The molecule has 0 radical (unpaired) electrons. The highest BCUT2D eigenvalue weighted by Gasteiger charge is 2.12. The van der Waals surface area contributed by atoms with Crippen LogP contribution in [0.15, 0.2) is 79.1 Å². The van der Waals surface area contributed by atoms with Gasteiger partial charge in [0.2, 0.25) is 0 Å². The Morgan fingerprint density at radius 1 is 0.909 bits per heavy atom. The third kappa shape index (κ3) is 4.37. The first-order valence-electron chi connectivity index (χ1n) is 10.1. The number of anilines is 2. The van der Waals surface area contributed by atoms with Crippen LogP contribution >= 0.6 is 11.6 Å². The highest BCUT2D eigenvalue weighted by molar-refractivity contribution is 6.33. The molecule has 5 aromatic rings. The summed E-state index contributed by atoms with van der Waals surface area (Å²) < 4.78 is 1.69. The van der Waals surface area contributed by atoms with Gasteiger partial charge in [-0.15, -0.1) is 10.2 Å². The van der Waals surface area contributed by atoms with Crippen LogP contribution in [-0.2, 0) is 0 Å². The van der Waals surface area contributed by atoms with Gasteiger partial charge in [-0.25, -0.2) is 4.79 Å². The van der Waals surface area contributed by atoms with E-state index in [1.54, 1.807) is 29.0 Å². The average molecular weight is 456 g/mol. The lowest BCUT2D eigenvalue weighted by Gasteiger charge is -2.11. The monoisotopic (exact) mass is 455 g/mol. The van der Waals surface area contributed by atoms with Crippen molar-refractivity contribution in [2.24, 2.45) is 0 Å². The molecule has 0 bridgehead atoms. The third-order valence-corrected chi connectivity index (χ3v) is 5.32. The van der Waals surface area contributed by atoms with Crippen LogP contribution in [0.1, 0.15) is 5.56 Å². The van der Waals surface area contributed by atoms with Crippen molar-refractivity contribution in [2.45, 2.75) is 6.92 Å². The minimum Gasteiger partial charge on any atom is -0.308 e. The zero-order valence-electron chi connectivity index (χ0n) is 17.5. The van der Waals surface area contributed by atoms with Crippen molar-refractivity contribution in [3.05, 3.63) is 89.7 Å². The quantitative estimate of drug-likeness (QED) is 0.375. The molecule has 8 nitrogen and oxygen atoms in total. The summed E-state index contributed by atoms with van der Waals surface area (Å²) in [5, 5.41) is 19.3. The summed E-state index contributed by atoms with van der Waals surface area (Å²) in [5.74, 6) is 0.623. The lowest BCUT2D eigenvalue weighted by atomic mass is 10.1. The molecule has 162 valence electrons. The Balaban J connectivity index is 1.41. The van der Waals surface area contributed by atoms with Crippen molar-refractivity contribution >= 4 is 34.7 Å². The van der Waals surface area contributed by atoms with Gasteiger partial charge in [-0.2, -0.15) is 9.61 Å². The highest BCUT2D eigenvalue weighted by Crippen LogP contribution is 2.25. The number of fused-ring (bicyclic) bond motifs is 1. The Morgan fingerprint density at radius 2 is 1.76 bits per heavy atom. The maximum absolute atomic E-state index is 12.5. The number of carbonyl (C=O) groups excluding carboxylic acids is 1. The van der Waals surface area contributed by atoms with E-state index in [0.29, 0.717) is 33.6 Å². The molecule has 0 saturated carbocycles. The summed E-state index contributed by atoms with van der Waals surface area (Å²) >= 11 is 6.18. The first-order chi connectivity index (χ1) is 16.1. The summed E-state index contributed by atoms with van der Waals surface area (Å²) in [6, 6.07) is 19.9. The number of hydrogen-bond donors (Lipinski definition) is 2. The largest absolute Gasteiger partial charge is 0.323 e. The van der Waals surface area contributed by atoms with Crippen LogP contribution in [0, 0.1) is 6.92 Å². The predicted octanol–water partition coefficient (Wildman–Crippen LogP) is 5.46. The number of aryl methyl sites for hydroxylation is 1. The molecule has 0 unspecified atom stereocenters. The second kappa shape index (κ2) is 8.68. The molecular formula is C24H18ClN7O. The van der Waals surface area contributed by atoms with Crippen LogP contribution in [0.4, 0.5) is 16.2 Å². The number of rotatable bonds is 4. The van der Waals surface area contributed by atoms with E-state index in [4.69, 9.17) is 16.7 Å². The van der Waals surface area contributed by atoms with Gasteiger partial charge in [0, 0.05) is 29.2 Å². The second-order valence-electron chi connectivity index (χ2n) is 7.39. The Bertz CT molecular complexity index is 1470. The van der Waals surface area contributed by atoms with Crippen LogP contribution in [-0.4, -0.2) is 30.8 Å². The van der Waals surface area contributed by atoms with Gasteiger partial charge in [-0.3, -0.25) is 4.98 Å². The number of hydrogen-bond acceptors (Lipinski definition) is 5. The molecule has 9 heteroatoms. The number of amides is 2. The van der Waals surface area contributed by atoms with Crippen LogP contribution in [0.5, 0.6) is 0 Å². The lowest BCUT2D eigenvalue weighted by Crippen LogP contribution is -2.19. The normalized spacial score (nSPS) is 10.8. The van der Waals surface area contributed by atoms with Crippen LogP contribution in [0.25, 0.3) is 28.3 Å².